The number of benzene rings is 1. The summed E-state index contributed by atoms with van der Waals surface area (Å²) < 4.78 is 48.6. The number of amides is 1. The molecule has 0 bridgehead atoms. The largest absolute Gasteiger partial charge is 0.454 e. The van der Waals surface area contributed by atoms with Crippen molar-refractivity contribution < 1.29 is 31.6 Å². The van der Waals surface area contributed by atoms with E-state index >= 15 is 0 Å². The number of rotatable bonds is 7. The van der Waals surface area contributed by atoms with Gasteiger partial charge in [-0.1, -0.05) is 0 Å². The Morgan fingerprint density at radius 2 is 2.00 bits per heavy atom. The van der Waals surface area contributed by atoms with Gasteiger partial charge >= 0.3 is 11.7 Å². The van der Waals surface area contributed by atoms with Gasteiger partial charge in [-0.05, 0) is 37.6 Å². The normalized spacial score (nSPS) is 16.9. The summed E-state index contributed by atoms with van der Waals surface area (Å²) in [7, 11) is -3.15. The first kappa shape index (κ1) is 23.4. The number of ether oxygens (including phenoxy) is 1. The number of hydrogen-bond donors (Lipinski definition) is 1. The predicted octanol–water partition coefficient (Wildman–Crippen LogP) is 0.689. The summed E-state index contributed by atoms with van der Waals surface area (Å²) in [6.45, 7) is 0.447. The van der Waals surface area contributed by atoms with Crippen LogP contribution in [0.4, 0.5) is 10.2 Å². The molecule has 34 heavy (non-hydrogen) atoms. The monoisotopic (exact) mass is 493 g/mol. The first-order chi connectivity index (χ1) is 16.1. The molecular formula is C20H20FN5O7S. The Labute approximate surface area is 192 Å². The van der Waals surface area contributed by atoms with Crippen molar-refractivity contribution in [1.29, 1.82) is 0 Å². The lowest BCUT2D eigenvalue weighted by atomic mass is 10.2. The summed E-state index contributed by atoms with van der Waals surface area (Å²) in [6.07, 6.45) is 0.383. The Hall–Kier alpha value is -3.81. The molecule has 1 N–H and O–H groups in total. The zero-order valence-corrected chi connectivity index (χ0v) is 18.7. The first-order valence-corrected chi connectivity index (χ1v) is 12.0. The Morgan fingerprint density at radius 1 is 1.26 bits per heavy atom. The summed E-state index contributed by atoms with van der Waals surface area (Å²) in [5.41, 5.74) is 0.922. The maximum Gasteiger partial charge on any atom is 0.437 e. The van der Waals surface area contributed by atoms with Crippen LogP contribution < -0.4 is 11.1 Å². The van der Waals surface area contributed by atoms with Gasteiger partial charge in [-0.25, -0.2) is 22.3 Å². The van der Waals surface area contributed by atoms with Gasteiger partial charge in [0.25, 0.3) is 5.91 Å². The maximum absolute atomic E-state index is 13.0. The number of aryl methyl sites for hydroxylation is 1. The number of carbonyl (C=O) groups is 2. The highest BCUT2D eigenvalue weighted by Gasteiger charge is 2.31. The highest BCUT2D eigenvalue weighted by atomic mass is 32.2. The summed E-state index contributed by atoms with van der Waals surface area (Å²) in [4.78, 5) is 36.3. The van der Waals surface area contributed by atoms with Crippen molar-refractivity contribution >= 4 is 27.5 Å². The Kier molecular flexibility index (Phi) is 6.32. The van der Waals surface area contributed by atoms with E-state index in [0.717, 1.165) is 4.68 Å². The lowest BCUT2D eigenvalue weighted by molar-refractivity contribution is -0.148. The van der Waals surface area contributed by atoms with Crippen molar-refractivity contribution in [2.45, 2.75) is 25.9 Å². The number of hydrogen-bond acceptors (Lipinski definition) is 9. The molecule has 0 spiro atoms. The molecule has 1 aliphatic heterocycles. The summed E-state index contributed by atoms with van der Waals surface area (Å²) in [6, 6.07) is 6.24. The van der Waals surface area contributed by atoms with E-state index in [1.165, 1.54) is 28.9 Å². The van der Waals surface area contributed by atoms with Gasteiger partial charge in [0, 0.05) is 11.6 Å². The smallest absolute Gasteiger partial charge is 0.437 e. The van der Waals surface area contributed by atoms with Gasteiger partial charge in [-0.2, -0.15) is 9.78 Å². The summed E-state index contributed by atoms with van der Waals surface area (Å²) >= 11 is 0. The third kappa shape index (κ3) is 5.39. The van der Waals surface area contributed by atoms with Gasteiger partial charge in [0.05, 0.1) is 23.2 Å². The number of aromatic nitrogens is 4. The molecule has 1 unspecified atom stereocenters. The summed E-state index contributed by atoms with van der Waals surface area (Å²) in [5, 5.41) is 10.7. The van der Waals surface area contributed by atoms with Crippen LogP contribution in [0.5, 0.6) is 0 Å². The number of carbonyl (C=O) groups excluding carboxylic acids is 2. The zero-order valence-electron chi connectivity index (χ0n) is 17.9. The minimum absolute atomic E-state index is 0.0475. The van der Waals surface area contributed by atoms with Gasteiger partial charge in [0.15, 0.2) is 16.4 Å². The van der Waals surface area contributed by atoms with Crippen LogP contribution in [0.2, 0.25) is 0 Å². The van der Waals surface area contributed by atoms with Gasteiger partial charge in [0.1, 0.15) is 18.2 Å². The quantitative estimate of drug-likeness (QED) is 0.468. The molecular weight excluding hydrogens is 473 g/mol. The van der Waals surface area contributed by atoms with Gasteiger partial charge in [0.2, 0.25) is 5.89 Å². The molecule has 180 valence electrons. The van der Waals surface area contributed by atoms with Crippen LogP contribution in [0.15, 0.2) is 39.5 Å². The second-order valence-corrected chi connectivity index (χ2v) is 9.95. The lowest BCUT2D eigenvalue weighted by Gasteiger charge is -2.13. The van der Waals surface area contributed by atoms with Crippen molar-refractivity contribution in [3.63, 3.8) is 0 Å². The van der Waals surface area contributed by atoms with E-state index in [1.54, 1.807) is 13.0 Å². The highest BCUT2D eigenvalue weighted by Crippen LogP contribution is 2.27. The number of nitrogens with zero attached hydrogens (tertiary/aromatic N) is 4. The molecule has 1 aromatic carbocycles. The number of esters is 1. The van der Waals surface area contributed by atoms with E-state index in [0.29, 0.717) is 17.7 Å². The Balaban J connectivity index is 1.33. The number of sulfone groups is 1. The second-order valence-electron chi connectivity index (χ2n) is 7.72. The molecule has 12 nitrogen and oxygen atoms in total. The minimum Gasteiger partial charge on any atom is -0.454 e. The zero-order chi connectivity index (χ0) is 24.5. The SMILES string of the molecule is Cc1cc(NC(=O)COC(=O)Cn2nc(-c3ccc(F)cc3)oc2=O)n(C2CCS(=O)(=O)C2)n1. The molecule has 0 saturated carbocycles. The van der Waals surface area contributed by atoms with E-state index in [9.17, 15) is 27.2 Å². The third-order valence-corrected chi connectivity index (χ3v) is 6.77. The minimum atomic E-state index is -3.15. The molecule has 1 fully saturated rings. The van der Waals surface area contributed by atoms with Crippen molar-refractivity contribution in [1.82, 2.24) is 19.6 Å². The molecule has 3 aromatic rings. The van der Waals surface area contributed by atoms with E-state index < -0.39 is 52.5 Å². The van der Waals surface area contributed by atoms with Crippen LogP contribution in [0, 0.1) is 12.7 Å². The van der Waals surface area contributed by atoms with Gasteiger partial charge in [-0.15, -0.1) is 5.10 Å². The molecule has 0 radical (unpaired) electrons. The van der Waals surface area contributed by atoms with Crippen molar-refractivity contribution in [3.8, 4) is 11.5 Å². The van der Waals surface area contributed by atoms with Crippen LogP contribution in [0.1, 0.15) is 18.2 Å². The molecule has 1 amide bonds. The molecule has 4 rings (SSSR count). The number of halogens is 1. The molecule has 2 aromatic heterocycles. The fourth-order valence-electron chi connectivity index (χ4n) is 3.46. The Morgan fingerprint density at radius 3 is 2.68 bits per heavy atom. The Bertz CT molecular complexity index is 1390. The van der Waals surface area contributed by atoms with Crippen molar-refractivity contribution in [2.24, 2.45) is 0 Å². The highest BCUT2D eigenvalue weighted by molar-refractivity contribution is 7.91. The topological polar surface area (TPSA) is 155 Å². The second kappa shape index (κ2) is 9.21. The first-order valence-electron chi connectivity index (χ1n) is 10.2. The molecule has 3 heterocycles. The molecule has 1 aliphatic rings. The third-order valence-electron chi connectivity index (χ3n) is 5.02. The van der Waals surface area contributed by atoms with Crippen LogP contribution >= 0.6 is 0 Å². The number of anilines is 1. The van der Waals surface area contributed by atoms with E-state index in [1.807, 2.05) is 0 Å². The number of nitrogens with one attached hydrogen (secondary N) is 1. The van der Waals surface area contributed by atoms with Crippen LogP contribution in [-0.2, 0) is 30.7 Å². The summed E-state index contributed by atoms with van der Waals surface area (Å²) in [5.74, 6) is -2.82. The maximum atomic E-state index is 13.0. The fourth-order valence-corrected chi connectivity index (χ4v) is 5.16. The average molecular weight is 493 g/mol. The van der Waals surface area contributed by atoms with Gasteiger partial charge < -0.3 is 14.5 Å². The molecule has 0 aliphatic carbocycles. The molecule has 1 saturated heterocycles. The van der Waals surface area contributed by atoms with Crippen molar-refractivity contribution in [3.05, 3.63) is 52.4 Å². The van der Waals surface area contributed by atoms with Crippen LogP contribution in [0.25, 0.3) is 11.5 Å². The van der Waals surface area contributed by atoms with Crippen LogP contribution in [0.3, 0.4) is 0 Å². The average Bonchev–Trinajstić information content (AvgIpc) is 3.43. The van der Waals surface area contributed by atoms with Crippen LogP contribution in [-0.4, -0.2) is 58.0 Å². The van der Waals surface area contributed by atoms with E-state index in [-0.39, 0.29) is 23.2 Å². The predicted molar refractivity (Wildman–Crippen MR) is 115 cm³/mol. The van der Waals surface area contributed by atoms with E-state index in [4.69, 9.17) is 9.15 Å². The van der Waals surface area contributed by atoms with E-state index in [2.05, 4.69) is 15.5 Å². The molecule has 1 atom stereocenters. The lowest BCUT2D eigenvalue weighted by Crippen LogP contribution is -2.27. The van der Waals surface area contributed by atoms with Gasteiger partial charge in [-0.3, -0.25) is 9.59 Å². The van der Waals surface area contributed by atoms with Crippen molar-refractivity contribution in [2.75, 3.05) is 23.4 Å². The molecule has 14 heteroatoms. The fraction of sp³-hybridized carbons (Fsp3) is 0.350. The standard InChI is InChI=1S/C20H20FN5O7S/c1-12-8-16(26(23-12)15-6-7-34(30,31)11-15)22-17(27)10-32-18(28)9-25-20(29)33-19(24-25)13-2-4-14(21)5-3-13/h2-5,8,15H,6-7,9-11H2,1H3,(H,22,27).